The summed E-state index contributed by atoms with van der Waals surface area (Å²) >= 11 is 0. The molecule has 0 saturated heterocycles. The molecule has 0 aromatic heterocycles. The van der Waals surface area contributed by atoms with Gasteiger partial charge in [-0.1, -0.05) is 19.3 Å². The van der Waals surface area contributed by atoms with Crippen LogP contribution in [0.25, 0.3) is 0 Å². The molecule has 0 aromatic carbocycles. The van der Waals surface area contributed by atoms with E-state index in [1.54, 1.807) is 0 Å². The molecule has 4 nitrogen and oxygen atoms in total. The van der Waals surface area contributed by atoms with Crippen LogP contribution in [0, 0.1) is 0 Å². The van der Waals surface area contributed by atoms with Crippen molar-refractivity contribution in [2.75, 3.05) is 0 Å². The zero-order valence-corrected chi connectivity index (χ0v) is 13.6. The van der Waals surface area contributed by atoms with Crippen molar-refractivity contribution >= 4 is 5.91 Å². The molecular formula is C17H31NO3. The summed E-state index contributed by atoms with van der Waals surface area (Å²) in [4.78, 5) is 12.1. The van der Waals surface area contributed by atoms with E-state index in [1.807, 2.05) is 0 Å². The maximum atomic E-state index is 12.1. The molecule has 1 amide bonds. The summed E-state index contributed by atoms with van der Waals surface area (Å²) in [6, 6.07) is 0.261. The van der Waals surface area contributed by atoms with E-state index >= 15 is 0 Å². The zero-order chi connectivity index (χ0) is 15.3. The van der Waals surface area contributed by atoms with E-state index in [0.29, 0.717) is 6.10 Å². The molecule has 4 heteroatoms. The van der Waals surface area contributed by atoms with Crippen molar-refractivity contribution < 1.29 is 14.6 Å². The molecule has 122 valence electrons. The first-order valence-corrected chi connectivity index (χ1v) is 8.64. The van der Waals surface area contributed by atoms with E-state index in [2.05, 4.69) is 19.2 Å². The van der Waals surface area contributed by atoms with Gasteiger partial charge >= 0.3 is 0 Å². The summed E-state index contributed by atoms with van der Waals surface area (Å²) in [5, 5.41) is 13.5. The molecular weight excluding hydrogens is 266 g/mol. The fraction of sp³-hybridized carbons (Fsp3) is 0.941. The first-order chi connectivity index (χ1) is 9.97. The number of carbonyl (C=O) groups is 1. The summed E-state index contributed by atoms with van der Waals surface area (Å²) in [5.74, 6) is 0.0210. The lowest BCUT2D eigenvalue weighted by atomic mass is 9.82. The van der Waals surface area contributed by atoms with Crippen molar-refractivity contribution in [2.24, 2.45) is 0 Å². The molecule has 2 saturated carbocycles. The lowest BCUT2D eigenvalue weighted by molar-refractivity contribution is -0.128. The Bertz CT molecular complexity index is 329. The number of hydrogen-bond acceptors (Lipinski definition) is 3. The number of amides is 1. The van der Waals surface area contributed by atoms with E-state index < -0.39 is 5.60 Å². The van der Waals surface area contributed by atoms with Crippen molar-refractivity contribution in [3.63, 3.8) is 0 Å². The largest absolute Gasteiger partial charge is 0.389 e. The van der Waals surface area contributed by atoms with Crippen molar-refractivity contribution in [1.82, 2.24) is 5.32 Å². The zero-order valence-electron chi connectivity index (χ0n) is 13.6. The Morgan fingerprint density at radius 2 is 1.81 bits per heavy atom. The minimum atomic E-state index is -0.750. The highest BCUT2D eigenvalue weighted by molar-refractivity contribution is 5.77. The Balaban J connectivity index is 1.69. The van der Waals surface area contributed by atoms with Crippen LogP contribution in [0.2, 0.25) is 0 Å². The van der Waals surface area contributed by atoms with Gasteiger partial charge in [-0.05, 0) is 52.4 Å². The number of hydrogen-bond donors (Lipinski definition) is 2. The van der Waals surface area contributed by atoms with Gasteiger partial charge in [0.2, 0.25) is 5.91 Å². The monoisotopic (exact) mass is 297 g/mol. The van der Waals surface area contributed by atoms with Gasteiger partial charge in [-0.15, -0.1) is 0 Å². The smallest absolute Gasteiger partial charge is 0.223 e. The van der Waals surface area contributed by atoms with Gasteiger partial charge in [-0.2, -0.15) is 0 Å². The van der Waals surface area contributed by atoms with Crippen LogP contribution in [-0.4, -0.2) is 34.9 Å². The van der Waals surface area contributed by atoms with Crippen LogP contribution in [0.3, 0.4) is 0 Å². The third-order valence-electron chi connectivity index (χ3n) is 4.78. The summed E-state index contributed by atoms with van der Waals surface area (Å²) in [6.45, 7) is 4.14. The predicted octanol–water partition coefficient (Wildman–Crippen LogP) is 2.92. The Hall–Kier alpha value is -0.610. The maximum Gasteiger partial charge on any atom is 0.223 e. The van der Waals surface area contributed by atoms with Crippen LogP contribution in [0.5, 0.6) is 0 Å². The quantitative estimate of drug-likeness (QED) is 0.820. The first-order valence-electron chi connectivity index (χ1n) is 8.64. The second kappa shape index (κ2) is 7.59. The minimum Gasteiger partial charge on any atom is -0.389 e. The topological polar surface area (TPSA) is 58.6 Å². The fourth-order valence-electron chi connectivity index (χ4n) is 3.69. The standard InChI is InChI=1S/C17H31NO3/c1-13(2)21-15-8-6-14(7-9-15)18-16(19)12-17(20)10-4-3-5-11-17/h13-15,20H,3-12H2,1-2H3,(H,18,19). The van der Waals surface area contributed by atoms with Gasteiger partial charge in [0, 0.05) is 6.04 Å². The molecule has 2 rings (SSSR count). The van der Waals surface area contributed by atoms with Crippen LogP contribution in [0.15, 0.2) is 0 Å². The molecule has 2 fully saturated rings. The summed E-state index contributed by atoms with van der Waals surface area (Å²) in [5.41, 5.74) is -0.750. The second-order valence-electron chi connectivity index (χ2n) is 7.19. The van der Waals surface area contributed by atoms with Crippen LogP contribution >= 0.6 is 0 Å². The molecule has 2 N–H and O–H groups in total. The highest BCUT2D eigenvalue weighted by Gasteiger charge is 2.32. The maximum absolute atomic E-state index is 12.1. The van der Waals surface area contributed by atoms with Gasteiger partial charge in [0.15, 0.2) is 0 Å². The Morgan fingerprint density at radius 3 is 2.38 bits per heavy atom. The van der Waals surface area contributed by atoms with Gasteiger partial charge in [-0.3, -0.25) is 4.79 Å². The minimum absolute atomic E-state index is 0.0210. The molecule has 0 unspecified atom stereocenters. The third-order valence-corrected chi connectivity index (χ3v) is 4.78. The molecule has 0 bridgehead atoms. The average molecular weight is 297 g/mol. The third kappa shape index (κ3) is 5.59. The first kappa shape index (κ1) is 16.8. The molecule has 0 atom stereocenters. The van der Waals surface area contributed by atoms with Gasteiger partial charge in [0.25, 0.3) is 0 Å². The molecule has 21 heavy (non-hydrogen) atoms. The summed E-state index contributed by atoms with van der Waals surface area (Å²) in [6.07, 6.45) is 9.74. The molecule has 0 spiro atoms. The Labute approximate surface area is 128 Å². The number of carbonyl (C=O) groups excluding carboxylic acids is 1. The number of rotatable bonds is 5. The number of nitrogens with one attached hydrogen (secondary N) is 1. The van der Waals surface area contributed by atoms with E-state index in [1.165, 1.54) is 6.42 Å². The SMILES string of the molecule is CC(C)OC1CCC(NC(=O)CC2(O)CCCCC2)CC1. The van der Waals surface area contributed by atoms with Crippen LogP contribution in [-0.2, 0) is 9.53 Å². The van der Waals surface area contributed by atoms with Gasteiger partial charge in [0.1, 0.15) is 0 Å². The molecule has 0 radical (unpaired) electrons. The highest BCUT2D eigenvalue weighted by atomic mass is 16.5. The molecule has 2 aliphatic rings. The normalized spacial score (nSPS) is 29.3. The predicted molar refractivity (Wildman–Crippen MR) is 83.1 cm³/mol. The van der Waals surface area contributed by atoms with Crippen molar-refractivity contribution in [3.05, 3.63) is 0 Å². The number of aliphatic hydroxyl groups is 1. The second-order valence-corrected chi connectivity index (χ2v) is 7.19. The van der Waals surface area contributed by atoms with Crippen LogP contribution in [0.4, 0.5) is 0 Å². The van der Waals surface area contributed by atoms with Gasteiger partial charge < -0.3 is 15.2 Å². The Morgan fingerprint density at radius 1 is 1.19 bits per heavy atom. The molecule has 0 heterocycles. The lowest BCUT2D eigenvalue weighted by Gasteiger charge is -2.33. The molecule has 2 aliphatic carbocycles. The van der Waals surface area contributed by atoms with Crippen molar-refractivity contribution in [2.45, 2.75) is 102 Å². The van der Waals surface area contributed by atoms with E-state index in [-0.39, 0.29) is 24.5 Å². The Kier molecular flexibility index (Phi) is 6.06. The number of ether oxygens (including phenoxy) is 1. The van der Waals surface area contributed by atoms with Gasteiger partial charge in [-0.25, -0.2) is 0 Å². The average Bonchev–Trinajstić information content (AvgIpc) is 2.40. The van der Waals surface area contributed by atoms with Crippen LogP contribution in [0.1, 0.15) is 78.1 Å². The van der Waals surface area contributed by atoms with Crippen molar-refractivity contribution in [3.8, 4) is 0 Å². The van der Waals surface area contributed by atoms with E-state index in [4.69, 9.17) is 4.74 Å². The lowest BCUT2D eigenvalue weighted by Crippen LogP contribution is -2.44. The van der Waals surface area contributed by atoms with E-state index in [0.717, 1.165) is 51.4 Å². The summed E-state index contributed by atoms with van der Waals surface area (Å²) < 4.78 is 5.83. The molecule has 0 aromatic rings. The van der Waals surface area contributed by atoms with Gasteiger partial charge in [0.05, 0.1) is 24.2 Å². The molecule has 0 aliphatic heterocycles. The van der Waals surface area contributed by atoms with E-state index in [9.17, 15) is 9.90 Å². The highest BCUT2D eigenvalue weighted by Crippen LogP contribution is 2.31. The van der Waals surface area contributed by atoms with Crippen LogP contribution < -0.4 is 5.32 Å². The summed E-state index contributed by atoms with van der Waals surface area (Å²) in [7, 11) is 0. The van der Waals surface area contributed by atoms with Crippen molar-refractivity contribution in [1.29, 1.82) is 0 Å². The fourth-order valence-corrected chi connectivity index (χ4v) is 3.69.